The highest BCUT2D eigenvalue weighted by molar-refractivity contribution is 5.81. The molecule has 4 nitrogen and oxygen atoms in total. The van der Waals surface area contributed by atoms with Gasteiger partial charge in [-0.3, -0.25) is 4.79 Å². The third-order valence-electron chi connectivity index (χ3n) is 5.20. The molecule has 2 aromatic rings. The summed E-state index contributed by atoms with van der Waals surface area (Å²) in [7, 11) is 0. The maximum atomic E-state index is 12.7. The van der Waals surface area contributed by atoms with E-state index in [2.05, 4.69) is 10.6 Å². The van der Waals surface area contributed by atoms with Crippen LogP contribution in [0.25, 0.3) is 0 Å². The first-order valence-electron chi connectivity index (χ1n) is 8.96. The van der Waals surface area contributed by atoms with Crippen LogP contribution in [-0.4, -0.2) is 30.4 Å². The van der Waals surface area contributed by atoms with Gasteiger partial charge in [0.25, 0.3) is 0 Å². The zero-order valence-electron chi connectivity index (χ0n) is 14.6. The Kier molecular flexibility index (Phi) is 4.55. The summed E-state index contributed by atoms with van der Waals surface area (Å²) in [5, 5.41) is 6.34. The Labute approximate surface area is 155 Å². The van der Waals surface area contributed by atoms with E-state index in [4.69, 9.17) is 0 Å². The average molecular weight is 375 g/mol. The maximum absolute atomic E-state index is 12.7. The van der Waals surface area contributed by atoms with Crippen LogP contribution in [0.15, 0.2) is 42.5 Å². The van der Waals surface area contributed by atoms with E-state index in [0.29, 0.717) is 18.8 Å². The highest BCUT2D eigenvalue weighted by Gasteiger charge is 2.32. The Bertz CT molecular complexity index is 845. The first-order chi connectivity index (χ1) is 12.9. The molecule has 7 heteroatoms. The first-order valence-corrected chi connectivity index (χ1v) is 8.96. The molecule has 1 fully saturated rings. The Morgan fingerprint density at radius 3 is 2.48 bits per heavy atom. The van der Waals surface area contributed by atoms with Crippen molar-refractivity contribution in [1.82, 2.24) is 10.2 Å². The quantitative estimate of drug-likeness (QED) is 0.862. The number of carbonyl (C=O) groups excluding carboxylic acids is 1. The lowest BCUT2D eigenvalue weighted by molar-refractivity contribution is -0.138. The molecule has 0 atom stereocenters. The van der Waals surface area contributed by atoms with Crippen molar-refractivity contribution >= 4 is 17.3 Å². The molecule has 2 N–H and O–H groups in total. The van der Waals surface area contributed by atoms with Crippen molar-refractivity contribution in [1.29, 1.82) is 0 Å². The normalized spacial score (nSPS) is 17.2. The van der Waals surface area contributed by atoms with Gasteiger partial charge in [0.1, 0.15) is 0 Å². The minimum atomic E-state index is -4.34. The number of amides is 1. The van der Waals surface area contributed by atoms with Crippen LogP contribution >= 0.6 is 0 Å². The topological polar surface area (TPSA) is 44.4 Å². The van der Waals surface area contributed by atoms with Crippen LogP contribution in [0.5, 0.6) is 0 Å². The summed E-state index contributed by atoms with van der Waals surface area (Å²) in [4.78, 5) is 14.4. The van der Waals surface area contributed by atoms with Crippen molar-refractivity contribution in [2.24, 2.45) is 5.92 Å². The number of alkyl halides is 3. The van der Waals surface area contributed by atoms with Gasteiger partial charge in [0.05, 0.1) is 11.5 Å². The van der Waals surface area contributed by atoms with Crippen molar-refractivity contribution in [3.63, 3.8) is 0 Å². The van der Waals surface area contributed by atoms with Gasteiger partial charge >= 0.3 is 6.18 Å². The van der Waals surface area contributed by atoms with Gasteiger partial charge in [0.2, 0.25) is 5.91 Å². The van der Waals surface area contributed by atoms with E-state index >= 15 is 0 Å². The molecule has 27 heavy (non-hydrogen) atoms. The van der Waals surface area contributed by atoms with E-state index in [-0.39, 0.29) is 11.8 Å². The summed E-state index contributed by atoms with van der Waals surface area (Å²) in [6.07, 6.45) is -3.61. The van der Waals surface area contributed by atoms with Crippen molar-refractivity contribution in [2.75, 3.05) is 25.0 Å². The number of rotatable bonds is 3. The van der Waals surface area contributed by atoms with Gasteiger partial charge in [0.15, 0.2) is 0 Å². The lowest BCUT2D eigenvalue weighted by atomic mass is 9.95. The zero-order valence-corrected chi connectivity index (χ0v) is 14.6. The van der Waals surface area contributed by atoms with Crippen LogP contribution in [0.2, 0.25) is 0 Å². The highest BCUT2D eigenvalue weighted by atomic mass is 19.4. The minimum absolute atomic E-state index is 0.0833. The van der Waals surface area contributed by atoms with Crippen LogP contribution in [0.3, 0.4) is 0 Å². The van der Waals surface area contributed by atoms with Crippen molar-refractivity contribution in [3.8, 4) is 0 Å². The molecule has 0 bridgehead atoms. The lowest BCUT2D eigenvalue weighted by Crippen LogP contribution is -2.52. The van der Waals surface area contributed by atoms with Gasteiger partial charge in [-0.1, -0.05) is 12.1 Å². The molecular weight excluding hydrogens is 355 g/mol. The van der Waals surface area contributed by atoms with Crippen LogP contribution in [-0.2, 0) is 23.9 Å². The molecule has 0 aromatic heterocycles. The van der Waals surface area contributed by atoms with Gasteiger partial charge in [-0.25, -0.2) is 0 Å². The molecule has 2 aliphatic heterocycles. The maximum Gasteiger partial charge on any atom is 0.416 e. The summed E-state index contributed by atoms with van der Waals surface area (Å²) >= 11 is 0. The molecule has 2 aliphatic rings. The van der Waals surface area contributed by atoms with Gasteiger partial charge in [0, 0.05) is 37.6 Å². The lowest BCUT2D eigenvalue weighted by Gasteiger charge is -2.35. The number of benzene rings is 2. The Hall–Kier alpha value is -2.54. The zero-order chi connectivity index (χ0) is 19.0. The number of anilines is 2. The fraction of sp³-hybridized carbons (Fsp3) is 0.350. The molecule has 0 saturated carbocycles. The monoisotopic (exact) mass is 375 g/mol. The molecule has 0 aliphatic carbocycles. The molecular formula is C20H20F3N3O. The number of hydrogen-bond donors (Lipinski definition) is 2. The van der Waals surface area contributed by atoms with Crippen LogP contribution in [0.1, 0.15) is 16.7 Å². The molecule has 1 saturated heterocycles. The largest absolute Gasteiger partial charge is 0.416 e. The van der Waals surface area contributed by atoms with E-state index in [1.54, 1.807) is 0 Å². The van der Waals surface area contributed by atoms with Gasteiger partial charge < -0.3 is 15.5 Å². The summed E-state index contributed by atoms with van der Waals surface area (Å²) in [5.74, 6) is 0.278. The molecule has 0 spiro atoms. The highest BCUT2D eigenvalue weighted by Crippen LogP contribution is 2.32. The van der Waals surface area contributed by atoms with Crippen LogP contribution in [0, 0.1) is 5.92 Å². The fourth-order valence-corrected chi connectivity index (χ4v) is 3.53. The summed E-state index contributed by atoms with van der Waals surface area (Å²) in [6, 6.07) is 10.9. The standard InChI is InChI=1S/C20H20F3N3O/c21-20(22,23)15-4-6-16(7-5-15)25-18-3-1-2-13-12-26(9-8-17(13)18)19(27)14-10-24-11-14/h1-7,14,24-25H,8-12H2. The molecule has 4 rings (SSSR count). The number of fused-ring (bicyclic) bond motifs is 1. The third-order valence-corrected chi connectivity index (χ3v) is 5.20. The third kappa shape index (κ3) is 3.64. The van der Waals surface area contributed by atoms with Crippen LogP contribution < -0.4 is 10.6 Å². The second-order valence-electron chi connectivity index (χ2n) is 7.01. The second kappa shape index (κ2) is 6.88. The number of carbonyl (C=O) groups is 1. The number of hydrogen-bond acceptors (Lipinski definition) is 3. The molecule has 1 amide bonds. The molecule has 2 aromatic carbocycles. The van der Waals surface area contributed by atoms with E-state index in [0.717, 1.165) is 48.5 Å². The van der Waals surface area contributed by atoms with Crippen molar-refractivity contribution in [2.45, 2.75) is 19.1 Å². The number of nitrogens with one attached hydrogen (secondary N) is 2. The van der Waals surface area contributed by atoms with E-state index < -0.39 is 11.7 Å². The molecule has 2 heterocycles. The smallest absolute Gasteiger partial charge is 0.355 e. The van der Waals surface area contributed by atoms with E-state index in [9.17, 15) is 18.0 Å². The predicted octanol–water partition coefficient (Wildman–Crippen LogP) is 3.55. The van der Waals surface area contributed by atoms with Gasteiger partial charge in [-0.05, 0) is 47.9 Å². The molecule has 0 unspecified atom stereocenters. The van der Waals surface area contributed by atoms with Gasteiger partial charge in [-0.2, -0.15) is 13.2 Å². The molecule has 142 valence electrons. The van der Waals surface area contributed by atoms with E-state index in [1.165, 1.54) is 12.1 Å². The van der Waals surface area contributed by atoms with Gasteiger partial charge in [-0.15, -0.1) is 0 Å². The number of halogens is 3. The average Bonchev–Trinajstić information content (AvgIpc) is 2.60. The number of nitrogens with zero attached hydrogens (tertiary/aromatic N) is 1. The first kappa shape index (κ1) is 17.9. The fourth-order valence-electron chi connectivity index (χ4n) is 3.53. The van der Waals surface area contributed by atoms with Crippen LogP contribution in [0.4, 0.5) is 24.5 Å². The summed E-state index contributed by atoms with van der Waals surface area (Å²) in [6.45, 7) is 2.73. The van der Waals surface area contributed by atoms with Crippen molar-refractivity contribution in [3.05, 3.63) is 59.2 Å². The minimum Gasteiger partial charge on any atom is -0.355 e. The Morgan fingerprint density at radius 1 is 1.11 bits per heavy atom. The Balaban J connectivity index is 1.50. The van der Waals surface area contributed by atoms with E-state index in [1.807, 2.05) is 23.1 Å². The second-order valence-corrected chi connectivity index (χ2v) is 7.01. The summed E-state index contributed by atoms with van der Waals surface area (Å²) in [5.41, 5.74) is 3.02. The SMILES string of the molecule is O=C(C1CNC1)N1CCc2c(cccc2Nc2ccc(C(F)(F)F)cc2)C1. The Morgan fingerprint density at radius 2 is 1.85 bits per heavy atom. The van der Waals surface area contributed by atoms with Crippen molar-refractivity contribution < 1.29 is 18.0 Å². The molecule has 0 radical (unpaired) electrons. The predicted molar refractivity (Wildman–Crippen MR) is 96.6 cm³/mol. The summed E-state index contributed by atoms with van der Waals surface area (Å²) < 4.78 is 38.1.